The zero-order valence-corrected chi connectivity index (χ0v) is 14.8. The van der Waals surface area contributed by atoms with Crippen molar-refractivity contribution in [3.63, 3.8) is 0 Å². The highest BCUT2D eigenvalue weighted by Gasteiger charge is 2.29. The number of hydrazine groups is 1. The molecule has 7 heteroatoms. The maximum Gasteiger partial charge on any atom is 0.268 e. The maximum atomic E-state index is 12.0. The van der Waals surface area contributed by atoms with Gasteiger partial charge in [-0.3, -0.25) is 10.2 Å². The summed E-state index contributed by atoms with van der Waals surface area (Å²) in [6.45, 7) is 6.81. The minimum Gasteiger partial charge on any atom is -0.390 e. The highest BCUT2D eigenvalue weighted by atomic mass is 16.3. The molecule has 0 saturated heterocycles. The summed E-state index contributed by atoms with van der Waals surface area (Å²) in [6.07, 6.45) is 9.04. The summed E-state index contributed by atoms with van der Waals surface area (Å²) in [5.74, 6) is -0.250. The Morgan fingerprint density at radius 2 is 2.12 bits per heavy atom. The Hall–Kier alpha value is -1.57. The van der Waals surface area contributed by atoms with Crippen LogP contribution in [0.2, 0.25) is 0 Å². The first kappa shape index (κ1) is 18.8. The lowest BCUT2D eigenvalue weighted by Crippen LogP contribution is -2.52. The van der Waals surface area contributed by atoms with Crippen molar-refractivity contribution in [2.75, 3.05) is 6.54 Å². The van der Waals surface area contributed by atoms with Crippen LogP contribution in [0, 0.1) is 0 Å². The number of nitrogens with one attached hydrogen (secondary N) is 3. The molecule has 1 heterocycles. The van der Waals surface area contributed by atoms with E-state index in [2.05, 4.69) is 26.1 Å². The van der Waals surface area contributed by atoms with Crippen LogP contribution in [0.4, 0.5) is 0 Å². The van der Waals surface area contributed by atoms with E-state index < -0.39 is 5.60 Å². The van der Waals surface area contributed by atoms with Crippen LogP contribution in [-0.2, 0) is 0 Å². The van der Waals surface area contributed by atoms with Crippen molar-refractivity contribution in [2.24, 2.45) is 0 Å². The molecule has 1 amide bonds. The molecule has 7 nitrogen and oxygen atoms in total. The van der Waals surface area contributed by atoms with Gasteiger partial charge in [0.15, 0.2) is 0 Å². The monoisotopic (exact) mass is 335 g/mol. The quantitative estimate of drug-likeness (QED) is 0.558. The van der Waals surface area contributed by atoms with Crippen LogP contribution in [0.3, 0.4) is 0 Å². The molecule has 0 aromatic carbocycles. The van der Waals surface area contributed by atoms with E-state index in [4.69, 9.17) is 0 Å². The number of hydrogen-bond donors (Lipinski definition) is 4. The average Bonchev–Trinajstić information content (AvgIpc) is 2.52. The van der Waals surface area contributed by atoms with Crippen molar-refractivity contribution >= 4 is 5.91 Å². The first-order valence-corrected chi connectivity index (χ1v) is 8.56. The first-order valence-electron chi connectivity index (χ1n) is 8.56. The third kappa shape index (κ3) is 6.14. The van der Waals surface area contributed by atoms with Gasteiger partial charge in [-0.05, 0) is 59.4 Å². The fourth-order valence-corrected chi connectivity index (χ4v) is 3.00. The number of carbonyl (C=O) groups excluding carboxylic acids is 1. The fourth-order valence-electron chi connectivity index (χ4n) is 3.00. The second kappa shape index (κ2) is 8.00. The van der Waals surface area contributed by atoms with Crippen LogP contribution in [0.15, 0.2) is 18.7 Å². The number of hydrogen-bond acceptors (Lipinski definition) is 6. The smallest absolute Gasteiger partial charge is 0.268 e. The van der Waals surface area contributed by atoms with Crippen molar-refractivity contribution in [2.45, 2.75) is 70.1 Å². The molecule has 0 bridgehead atoms. The Kier molecular flexibility index (Phi) is 6.26. The molecule has 1 saturated carbocycles. The van der Waals surface area contributed by atoms with E-state index in [1.54, 1.807) is 0 Å². The summed E-state index contributed by atoms with van der Waals surface area (Å²) in [6, 6.07) is 0.362. The predicted octanol–water partition coefficient (Wildman–Crippen LogP) is 1.16. The van der Waals surface area contributed by atoms with Crippen molar-refractivity contribution < 1.29 is 9.90 Å². The van der Waals surface area contributed by atoms with Gasteiger partial charge in [-0.1, -0.05) is 0 Å². The van der Waals surface area contributed by atoms with Crippen molar-refractivity contribution in [3.05, 3.63) is 24.3 Å². The predicted molar refractivity (Wildman–Crippen MR) is 92.2 cm³/mol. The Balaban J connectivity index is 1.70. The lowest BCUT2D eigenvalue weighted by molar-refractivity contribution is 0.00990. The van der Waals surface area contributed by atoms with Crippen LogP contribution in [-0.4, -0.2) is 44.7 Å². The van der Waals surface area contributed by atoms with Gasteiger partial charge in [-0.15, -0.1) is 0 Å². The molecule has 1 aromatic rings. The van der Waals surface area contributed by atoms with Gasteiger partial charge in [0.2, 0.25) is 0 Å². The minimum atomic E-state index is -0.546. The second-order valence-corrected chi connectivity index (χ2v) is 7.58. The van der Waals surface area contributed by atoms with E-state index in [0.29, 0.717) is 11.6 Å². The number of carbonyl (C=O) groups is 1. The lowest BCUT2D eigenvalue weighted by Gasteiger charge is -2.35. The van der Waals surface area contributed by atoms with Crippen LogP contribution in [0.1, 0.15) is 63.2 Å². The van der Waals surface area contributed by atoms with E-state index in [-0.39, 0.29) is 11.4 Å². The van der Waals surface area contributed by atoms with Crippen molar-refractivity contribution in [1.29, 1.82) is 0 Å². The van der Waals surface area contributed by atoms with Crippen LogP contribution >= 0.6 is 0 Å². The number of nitrogens with zero attached hydrogens (tertiary/aromatic N) is 2. The van der Waals surface area contributed by atoms with E-state index in [9.17, 15) is 9.90 Å². The van der Waals surface area contributed by atoms with Crippen molar-refractivity contribution in [1.82, 2.24) is 26.1 Å². The first-order chi connectivity index (χ1) is 11.3. The molecule has 2 unspecified atom stereocenters. The molecule has 1 fully saturated rings. The number of aliphatic hydroxyl groups is 1. The standard InChI is InChI=1S/C17H29N5O2/c1-16(2,22-21-15(23)13-10-18-12-19-11-13)7-8-20-14-5-4-6-17(3,24)9-14/h10-12,14,20,22,24H,4-9H2,1-3H3,(H,21,23). The highest BCUT2D eigenvalue weighted by molar-refractivity contribution is 5.93. The van der Waals surface area contributed by atoms with Crippen LogP contribution in [0.5, 0.6) is 0 Å². The number of aromatic nitrogens is 2. The SMILES string of the molecule is CC1(O)CCCC(NCCC(C)(C)NNC(=O)c2cncnc2)C1. The van der Waals surface area contributed by atoms with Gasteiger partial charge >= 0.3 is 0 Å². The fraction of sp³-hybridized carbons (Fsp3) is 0.706. The highest BCUT2D eigenvalue weighted by Crippen LogP contribution is 2.27. The van der Waals surface area contributed by atoms with E-state index in [1.807, 2.05) is 20.8 Å². The molecule has 4 N–H and O–H groups in total. The average molecular weight is 335 g/mol. The van der Waals surface area contributed by atoms with E-state index in [0.717, 1.165) is 38.6 Å². The molecule has 1 aliphatic carbocycles. The normalized spacial score (nSPS) is 24.6. The molecule has 2 atom stereocenters. The summed E-state index contributed by atoms with van der Waals surface area (Å²) in [5.41, 5.74) is 5.39. The van der Waals surface area contributed by atoms with Gasteiger partial charge in [0.1, 0.15) is 6.33 Å². The van der Waals surface area contributed by atoms with Gasteiger partial charge in [0.25, 0.3) is 5.91 Å². The zero-order valence-electron chi connectivity index (χ0n) is 14.8. The molecular formula is C17H29N5O2. The van der Waals surface area contributed by atoms with Gasteiger partial charge in [0, 0.05) is 24.0 Å². The molecule has 1 aromatic heterocycles. The molecule has 134 valence electrons. The molecule has 2 rings (SSSR count). The molecule has 0 radical (unpaired) electrons. The molecular weight excluding hydrogens is 306 g/mol. The maximum absolute atomic E-state index is 12.0. The zero-order chi connectivity index (χ0) is 17.6. The second-order valence-electron chi connectivity index (χ2n) is 7.58. The van der Waals surface area contributed by atoms with Crippen LogP contribution in [0.25, 0.3) is 0 Å². The molecule has 24 heavy (non-hydrogen) atoms. The Morgan fingerprint density at radius 1 is 1.42 bits per heavy atom. The van der Waals surface area contributed by atoms with E-state index in [1.165, 1.54) is 18.7 Å². The minimum absolute atomic E-state index is 0.250. The Bertz CT molecular complexity index is 533. The number of amides is 1. The topological polar surface area (TPSA) is 99.2 Å². The molecule has 0 spiro atoms. The Morgan fingerprint density at radius 3 is 2.79 bits per heavy atom. The van der Waals surface area contributed by atoms with Gasteiger partial charge in [-0.2, -0.15) is 0 Å². The van der Waals surface area contributed by atoms with Crippen molar-refractivity contribution in [3.8, 4) is 0 Å². The Labute approximate surface area is 143 Å². The summed E-state index contributed by atoms with van der Waals surface area (Å²) in [5, 5.41) is 13.7. The van der Waals surface area contributed by atoms with Gasteiger partial charge in [0.05, 0.1) is 11.2 Å². The molecule has 1 aliphatic rings. The largest absolute Gasteiger partial charge is 0.390 e. The van der Waals surface area contributed by atoms with E-state index >= 15 is 0 Å². The summed E-state index contributed by atoms with van der Waals surface area (Å²) < 4.78 is 0. The van der Waals surface area contributed by atoms with Gasteiger partial charge in [-0.25, -0.2) is 15.4 Å². The van der Waals surface area contributed by atoms with Crippen LogP contribution < -0.4 is 16.2 Å². The van der Waals surface area contributed by atoms with Gasteiger partial charge < -0.3 is 10.4 Å². The summed E-state index contributed by atoms with van der Waals surface area (Å²) in [4.78, 5) is 19.7. The summed E-state index contributed by atoms with van der Waals surface area (Å²) >= 11 is 0. The summed E-state index contributed by atoms with van der Waals surface area (Å²) in [7, 11) is 0. The lowest BCUT2D eigenvalue weighted by atomic mass is 9.83. The molecule has 0 aliphatic heterocycles. The third-order valence-corrected chi connectivity index (χ3v) is 4.47. The third-order valence-electron chi connectivity index (χ3n) is 4.47. The number of rotatable bonds is 7.